The van der Waals surface area contributed by atoms with E-state index in [-0.39, 0.29) is 17.4 Å². The number of aliphatic hydroxyl groups excluding tert-OH is 1. The molecule has 0 aliphatic carbocycles. The highest BCUT2D eigenvalue weighted by Gasteiger charge is 2.19. The molecule has 2 unspecified atom stereocenters. The van der Waals surface area contributed by atoms with E-state index in [0.29, 0.717) is 6.42 Å². The van der Waals surface area contributed by atoms with Crippen molar-refractivity contribution in [1.29, 1.82) is 0 Å². The number of hydrogen-bond donors (Lipinski definition) is 2. The Morgan fingerprint density at radius 3 is 2.82 bits per heavy atom. The number of amides is 1. The maximum Gasteiger partial charge on any atom is 0.254 e. The van der Waals surface area contributed by atoms with Gasteiger partial charge in [0, 0.05) is 10.9 Å². The molecule has 22 heavy (non-hydrogen) atoms. The minimum absolute atomic E-state index is 0.0268. The summed E-state index contributed by atoms with van der Waals surface area (Å²) in [6, 6.07) is 7.81. The molecular formula is C16H18FNO3S. The lowest BCUT2D eigenvalue weighted by atomic mass is 10.1. The number of rotatable bonds is 6. The van der Waals surface area contributed by atoms with Gasteiger partial charge in [0.2, 0.25) is 0 Å². The zero-order valence-electron chi connectivity index (χ0n) is 12.4. The summed E-state index contributed by atoms with van der Waals surface area (Å²) in [4.78, 5) is 13.0. The molecule has 1 heterocycles. The van der Waals surface area contributed by atoms with Crippen molar-refractivity contribution in [3.8, 4) is 5.75 Å². The van der Waals surface area contributed by atoms with Gasteiger partial charge in [0.25, 0.3) is 5.91 Å². The summed E-state index contributed by atoms with van der Waals surface area (Å²) >= 11 is 1.46. The van der Waals surface area contributed by atoms with Gasteiger partial charge in [-0.1, -0.05) is 12.1 Å². The molecule has 2 N–H and O–H groups in total. The van der Waals surface area contributed by atoms with Crippen molar-refractivity contribution < 1.29 is 19.0 Å². The second-order valence-electron chi connectivity index (χ2n) is 4.96. The van der Waals surface area contributed by atoms with E-state index >= 15 is 0 Å². The minimum atomic E-state index is -0.687. The molecule has 6 heteroatoms. The first-order valence-corrected chi connectivity index (χ1v) is 7.75. The zero-order valence-corrected chi connectivity index (χ0v) is 13.2. The van der Waals surface area contributed by atoms with E-state index in [1.54, 1.807) is 13.0 Å². The summed E-state index contributed by atoms with van der Waals surface area (Å²) in [5.41, 5.74) is -0.0724. The van der Waals surface area contributed by atoms with E-state index in [9.17, 15) is 14.3 Å². The highest BCUT2D eigenvalue weighted by atomic mass is 32.1. The standard InChI is InChI=1S/C16H18FNO3S/c1-10(9-12(19)14-7-4-8-22-14)18-16(20)11-5-3-6-13(21-2)15(11)17/h3-8,10,12,19H,9H2,1-2H3,(H,18,20). The van der Waals surface area contributed by atoms with Crippen molar-refractivity contribution in [3.05, 3.63) is 52.0 Å². The monoisotopic (exact) mass is 323 g/mol. The number of ether oxygens (including phenoxy) is 1. The Balaban J connectivity index is 1.99. The fourth-order valence-corrected chi connectivity index (χ4v) is 2.86. The number of nitrogens with one attached hydrogen (secondary N) is 1. The lowest BCUT2D eigenvalue weighted by Gasteiger charge is -2.17. The van der Waals surface area contributed by atoms with Gasteiger partial charge in [-0.15, -0.1) is 11.3 Å². The zero-order chi connectivity index (χ0) is 16.1. The van der Waals surface area contributed by atoms with E-state index in [0.717, 1.165) is 4.88 Å². The van der Waals surface area contributed by atoms with E-state index in [1.165, 1.54) is 30.6 Å². The van der Waals surface area contributed by atoms with Crippen LogP contribution in [0.1, 0.15) is 34.7 Å². The van der Waals surface area contributed by atoms with Crippen LogP contribution in [0.4, 0.5) is 4.39 Å². The maximum atomic E-state index is 14.0. The number of thiophene rings is 1. The van der Waals surface area contributed by atoms with Gasteiger partial charge in [-0.05, 0) is 36.9 Å². The van der Waals surface area contributed by atoms with Crippen LogP contribution in [-0.2, 0) is 0 Å². The van der Waals surface area contributed by atoms with E-state index in [4.69, 9.17) is 4.74 Å². The predicted molar refractivity (Wildman–Crippen MR) is 83.8 cm³/mol. The largest absolute Gasteiger partial charge is 0.494 e. The van der Waals surface area contributed by atoms with E-state index < -0.39 is 17.8 Å². The molecule has 1 aromatic carbocycles. The molecule has 0 bridgehead atoms. The first-order valence-electron chi connectivity index (χ1n) is 6.87. The van der Waals surface area contributed by atoms with Crippen LogP contribution in [0.15, 0.2) is 35.7 Å². The van der Waals surface area contributed by atoms with Crippen LogP contribution in [0, 0.1) is 5.82 Å². The average molecular weight is 323 g/mol. The fourth-order valence-electron chi connectivity index (χ4n) is 2.14. The third kappa shape index (κ3) is 3.84. The molecule has 0 fully saturated rings. The van der Waals surface area contributed by atoms with Crippen molar-refractivity contribution in [2.24, 2.45) is 0 Å². The first-order chi connectivity index (χ1) is 10.5. The summed E-state index contributed by atoms with van der Waals surface area (Å²) in [6.45, 7) is 1.77. The smallest absolute Gasteiger partial charge is 0.254 e. The van der Waals surface area contributed by atoms with Gasteiger partial charge >= 0.3 is 0 Å². The first kappa shape index (κ1) is 16.5. The van der Waals surface area contributed by atoms with Crippen molar-refractivity contribution in [2.75, 3.05) is 7.11 Å². The van der Waals surface area contributed by atoms with Crippen molar-refractivity contribution in [2.45, 2.75) is 25.5 Å². The third-order valence-corrected chi connectivity index (χ3v) is 4.23. The number of aliphatic hydroxyl groups is 1. The average Bonchev–Trinajstić information content (AvgIpc) is 3.01. The highest BCUT2D eigenvalue weighted by Crippen LogP contribution is 2.23. The summed E-state index contributed by atoms with van der Waals surface area (Å²) < 4.78 is 18.9. The molecule has 2 atom stereocenters. The molecule has 4 nitrogen and oxygen atoms in total. The number of carbonyl (C=O) groups is 1. The molecule has 2 rings (SSSR count). The van der Waals surface area contributed by atoms with Crippen LogP contribution < -0.4 is 10.1 Å². The van der Waals surface area contributed by atoms with Crippen molar-refractivity contribution >= 4 is 17.2 Å². The minimum Gasteiger partial charge on any atom is -0.494 e. The molecule has 0 saturated carbocycles. The molecule has 0 radical (unpaired) electrons. The lowest BCUT2D eigenvalue weighted by molar-refractivity contribution is 0.0913. The summed E-state index contributed by atoms with van der Waals surface area (Å²) in [5.74, 6) is -1.19. The Morgan fingerprint density at radius 1 is 1.41 bits per heavy atom. The van der Waals surface area contributed by atoms with Gasteiger partial charge < -0.3 is 15.2 Å². The second-order valence-corrected chi connectivity index (χ2v) is 5.94. The fraction of sp³-hybridized carbons (Fsp3) is 0.312. The van der Waals surface area contributed by atoms with Gasteiger partial charge in [-0.2, -0.15) is 0 Å². The van der Waals surface area contributed by atoms with Crippen LogP contribution in [0.2, 0.25) is 0 Å². The Morgan fingerprint density at radius 2 is 2.18 bits per heavy atom. The highest BCUT2D eigenvalue weighted by molar-refractivity contribution is 7.10. The molecule has 0 spiro atoms. The Bertz CT molecular complexity index is 630. The number of halogens is 1. The molecular weight excluding hydrogens is 305 g/mol. The lowest BCUT2D eigenvalue weighted by Crippen LogP contribution is -2.34. The number of benzene rings is 1. The summed E-state index contributed by atoms with van der Waals surface area (Å²) in [5, 5.41) is 14.6. The third-order valence-electron chi connectivity index (χ3n) is 3.25. The van der Waals surface area contributed by atoms with E-state index in [1.807, 2.05) is 17.5 Å². The second kappa shape index (κ2) is 7.38. The van der Waals surface area contributed by atoms with Crippen molar-refractivity contribution in [3.63, 3.8) is 0 Å². The predicted octanol–water partition coefficient (Wildman–Crippen LogP) is 3.14. The molecule has 0 saturated heterocycles. The van der Waals surface area contributed by atoms with Gasteiger partial charge in [0.1, 0.15) is 0 Å². The van der Waals surface area contributed by atoms with Gasteiger partial charge in [-0.25, -0.2) is 4.39 Å². The number of hydrogen-bond acceptors (Lipinski definition) is 4. The molecule has 2 aromatic rings. The Kier molecular flexibility index (Phi) is 5.51. The van der Waals surface area contributed by atoms with Gasteiger partial charge in [0.05, 0.1) is 18.8 Å². The molecule has 0 aliphatic heterocycles. The topological polar surface area (TPSA) is 58.6 Å². The van der Waals surface area contributed by atoms with Crippen molar-refractivity contribution in [1.82, 2.24) is 5.32 Å². The molecule has 1 amide bonds. The summed E-state index contributed by atoms with van der Waals surface area (Å²) in [6.07, 6.45) is -0.289. The number of methoxy groups -OCH3 is 1. The van der Waals surface area contributed by atoms with Gasteiger partial charge in [-0.3, -0.25) is 4.79 Å². The maximum absolute atomic E-state index is 14.0. The van der Waals surface area contributed by atoms with Crippen LogP contribution in [0.5, 0.6) is 5.75 Å². The number of carbonyl (C=O) groups excluding carboxylic acids is 1. The molecule has 118 valence electrons. The van der Waals surface area contributed by atoms with Crippen LogP contribution in [-0.4, -0.2) is 24.2 Å². The van der Waals surface area contributed by atoms with Crippen LogP contribution >= 0.6 is 11.3 Å². The van der Waals surface area contributed by atoms with E-state index in [2.05, 4.69) is 5.32 Å². The van der Waals surface area contributed by atoms with Crippen LogP contribution in [0.25, 0.3) is 0 Å². The van der Waals surface area contributed by atoms with Crippen LogP contribution in [0.3, 0.4) is 0 Å². The SMILES string of the molecule is COc1cccc(C(=O)NC(C)CC(O)c2cccs2)c1F. The quantitative estimate of drug-likeness (QED) is 0.858. The molecule has 0 aliphatic rings. The summed E-state index contributed by atoms with van der Waals surface area (Å²) in [7, 11) is 1.35. The Labute approximate surface area is 132 Å². The molecule has 1 aromatic heterocycles. The van der Waals surface area contributed by atoms with Gasteiger partial charge in [0.15, 0.2) is 11.6 Å². The Hall–Kier alpha value is -1.92. The normalized spacial score (nSPS) is 13.5.